The van der Waals surface area contributed by atoms with Gasteiger partial charge in [-0.15, -0.1) is 0 Å². The van der Waals surface area contributed by atoms with Crippen LogP contribution >= 0.6 is 11.6 Å². The Morgan fingerprint density at radius 2 is 1.65 bits per heavy atom. The zero-order valence-corrected chi connectivity index (χ0v) is 15.3. The van der Waals surface area contributed by atoms with Gasteiger partial charge in [0, 0.05) is 11.6 Å². The van der Waals surface area contributed by atoms with Crippen LogP contribution in [-0.2, 0) is 0 Å². The van der Waals surface area contributed by atoms with Crippen LogP contribution in [0.5, 0.6) is 17.2 Å². The molecule has 26 heavy (non-hydrogen) atoms. The van der Waals surface area contributed by atoms with Crippen molar-refractivity contribution in [3.8, 4) is 28.6 Å². The highest BCUT2D eigenvalue weighted by atomic mass is 35.5. The predicted octanol–water partition coefficient (Wildman–Crippen LogP) is 4.50. The van der Waals surface area contributed by atoms with Gasteiger partial charge in [0.05, 0.1) is 21.3 Å². The van der Waals surface area contributed by atoms with E-state index in [1.165, 1.54) is 0 Å². The first-order valence-electron chi connectivity index (χ1n) is 7.71. The van der Waals surface area contributed by atoms with E-state index in [-0.39, 0.29) is 5.89 Å². The molecule has 3 aromatic rings. The summed E-state index contributed by atoms with van der Waals surface area (Å²) >= 11 is 6.35. The van der Waals surface area contributed by atoms with Gasteiger partial charge in [-0.25, -0.2) is 0 Å². The third-order valence-corrected chi connectivity index (χ3v) is 3.90. The Kier molecular flexibility index (Phi) is 5.43. The van der Waals surface area contributed by atoms with Gasteiger partial charge in [-0.1, -0.05) is 28.9 Å². The third-order valence-electron chi connectivity index (χ3n) is 3.63. The van der Waals surface area contributed by atoms with Crippen LogP contribution in [0.25, 0.3) is 22.5 Å². The molecule has 0 bridgehead atoms. The molecule has 0 aliphatic rings. The zero-order chi connectivity index (χ0) is 18.5. The summed E-state index contributed by atoms with van der Waals surface area (Å²) in [6, 6.07) is 12.8. The zero-order valence-electron chi connectivity index (χ0n) is 14.5. The van der Waals surface area contributed by atoms with E-state index < -0.39 is 0 Å². The van der Waals surface area contributed by atoms with Gasteiger partial charge in [0.15, 0.2) is 0 Å². The van der Waals surface area contributed by atoms with E-state index in [1.807, 2.05) is 36.4 Å². The Morgan fingerprint density at radius 3 is 2.31 bits per heavy atom. The van der Waals surface area contributed by atoms with Crippen LogP contribution in [0.4, 0.5) is 0 Å². The molecule has 0 aliphatic heterocycles. The van der Waals surface area contributed by atoms with Gasteiger partial charge in [-0.05, 0) is 35.9 Å². The van der Waals surface area contributed by atoms with Crippen molar-refractivity contribution in [3.63, 3.8) is 0 Å². The fourth-order valence-electron chi connectivity index (χ4n) is 2.32. The first-order valence-corrected chi connectivity index (χ1v) is 8.09. The molecule has 0 fully saturated rings. The molecule has 0 N–H and O–H groups in total. The predicted molar refractivity (Wildman–Crippen MR) is 99.6 cm³/mol. The van der Waals surface area contributed by atoms with Crippen molar-refractivity contribution in [1.82, 2.24) is 10.1 Å². The Bertz CT molecular complexity index is 915. The molecule has 1 heterocycles. The smallest absolute Gasteiger partial charge is 0.269 e. The molecule has 1 aromatic heterocycles. The highest BCUT2D eigenvalue weighted by Gasteiger charge is 2.12. The summed E-state index contributed by atoms with van der Waals surface area (Å²) in [4.78, 5) is 4.34. The number of halogens is 1. The summed E-state index contributed by atoms with van der Waals surface area (Å²) in [7, 11) is 4.77. The number of hydrogen-bond acceptors (Lipinski definition) is 6. The minimum atomic E-state index is 0.214. The lowest BCUT2D eigenvalue weighted by Crippen LogP contribution is -1.88. The second-order valence-corrected chi connectivity index (χ2v) is 5.70. The fourth-order valence-corrected chi connectivity index (χ4v) is 2.52. The third kappa shape index (κ3) is 3.97. The van der Waals surface area contributed by atoms with Crippen molar-refractivity contribution in [2.75, 3.05) is 21.3 Å². The Balaban J connectivity index is 1.90. The van der Waals surface area contributed by atoms with Gasteiger partial charge in [-0.3, -0.25) is 0 Å². The lowest BCUT2D eigenvalue weighted by Gasteiger charge is -2.05. The molecule has 134 valence electrons. The van der Waals surface area contributed by atoms with Crippen molar-refractivity contribution in [2.45, 2.75) is 0 Å². The van der Waals surface area contributed by atoms with Crippen LogP contribution in [-0.4, -0.2) is 31.5 Å². The molecular formula is C19H17ClN2O4. The normalized spacial score (nSPS) is 11.3. The van der Waals surface area contributed by atoms with Crippen molar-refractivity contribution in [3.05, 3.63) is 53.9 Å². The first-order chi connectivity index (χ1) is 12.6. The summed E-state index contributed by atoms with van der Waals surface area (Å²) in [5.41, 5.74) is 1.55. The summed E-state index contributed by atoms with van der Waals surface area (Å²) in [6.45, 7) is 0. The van der Waals surface area contributed by atoms with E-state index >= 15 is 0 Å². The second-order valence-electron chi connectivity index (χ2n) is 5.29. The molecule has 7 heteroatoms. The number of rotatable bonds is 6. The number of nitrogens with zero attached hydrogens (tertiary/aromatic N) is 2. The van der Waals surface area contributed by atoms with Crippen LogP contribution in [0.3, 0.4) is 0 Å². The van der Waals surface area contributed by atoms with E-state index in [2.05, 4.69) is 10.1 Å². The van der Waals surface area contributed by atoms with Crippen molar-refractivity contribution < 1.29 is 18.7 Å². The lowest BCUT2D eigenvalue weighted by atomic mass is 10.2. The van der Waals surface area contributed by atoms with Crippen molar-refractivity contribution in [1.29, 1.82) is 0 Å². The standard InChI is InChI=1S/C19H17ClN2O4/c1-23-14-6-4-5-13(10-14)18-21-19(26-22-18)17(20)9-12-7-15(24-2)11-16(8-12)25-3/h4-11H,1-3H3/b17-9-. The summed E-state index contributed by atoms with van der Waals surface area (Å²) in [5.74, 6) is 2.66. The topological polar surface area (TPSA) is 66.6 Å². The summed E-state index contributed by atoms with van der Waals surface area (Å²) < 4.78 is 21.0. The number of benzene rings is 2. The SMILES string of the molecule is COc1cc(/C=C(\Cl)c2nc(-c3cccc(OC)c3)no2)cc(OC)c1. The van der Waals surface area contributed by atoms with Crippen molar-refractivity contribution in [2.24, 2.45) is 0 Å². The fraction of sp³-hybridized carbons (Fsp3) is 0.158. The summed E-state index contributed by atoms with van der Waals surface area (Å²) in [5, 5.41) is 4.28. The van der Waals surface area contributed by atoms with Gasteiger partial charge in [0.1, 0.15) is 22.3 Å². The highest BCUT2D eigenvalue weighted by molar-refractivity contribution is 6.50. The molecule has 2 aromatic carbocycles. The molecule has 0 atom stereocenters. The quantitative estimate of drug-likeness (QED) is 0.634. The highest BCUT2D eigenvalue weighted by Crippen LogP contribution is 2.28. The largest absolute Gasteiger partial charge is 0.497 e. The maximum atomic E-state index is 6.35. The molecular weight excluding hydrogens is 356 g/mol. The van der Waals surface area contributed by atoms with E-state index in [0.29, 0.717) is 28.1 Å². The Morgan fingerprint density at radius 1 is 0.962 bits per heavy atom. The Hall–Kier alpha value is -2.99. The lowest BCUT2D eigenvalue weighted by molar-refractivity contribution is 0.394. The van der Waals surface area contributed by atoms with Crippen molar-refractivity contribution >= 4 is 22.7 Å². The number of aromatic nitrogens is 2. The maximum absolute atomic E-state index is 6.35. The molecule has 0 unspecified atom stereocenters. The molecule has 0 saturated carbocycles. The van der Waals surface area contributed by atoms with Crippen LogP contribution in [0, 0.1) is 0 Å². The van der Waals surface area contributed by atoms with E-state index in [4.69, 9.17) is 30.3 Å². The average molecular weight is 373 g/mol. The molecule has 0 spiro atoms. The Labute approximate surface area is 156 Å². The molecule has 0 radical (unpaired) electrons. The first kappa shape index (κ1) is 17.8. The second kappa shape index (κ2) is 7.93. The minimum Gasteiger partial charge on any atom is -0.497 e. The minimum absolute atomic E-state index is 0.214. The van der Waals surface area contributed by atoms with Crippen LogP contribution in [0.2, 0.25) is 0 Å². The van der Waals surface area contributed by atoms with Gasteiger partial charge in [0.2, 0.25) is 5.82 Å². The van der Waals surface area contributed by atoms with Crippen LogP contribution in [0.1, 0.15) is 11.5 Å². The van der Waals surface area contributed by atoms with E-state index in [1.54, 1.807) is 33.5 Å². The molecule has 0 aliphatic carbocycles. The molecule has 0 amide bonds. The summed E-state index contributed by atoms with van der Waals surface area (Å²) in [6.07, 6.45) is 1.70. The molecule has 6 nitrogen and oxygen atoms in total. The van der Waals surface area contributed by atoms with Gasteiger partial charge >= 0.3 is 0 Å². The van der Waals surface area contributed by atoms with Gasteiger partial charge < -0.3 is 18.7 Å². The number of hydrogen-bond donors (Lipinski definition) is 0. The average Bonchev–Trinajstić information content (AvgIpc) is 3.18. The van der Waals surface area contributed by atoms with Crippen LogP contribution in [0.15, 0.2) is 47.0 Å². The van der Waals surface area contributed by atoms with Crippen LogP contribution < -0.4 is 14.2 Å². The molecule has 0 saturated heterocycles. The van der Waals surface area contributed by atoms with E-state index in [0.717, 1.165) is 11.1 Å². The maximum Gasteiger partial charge on any atom is 0.269 e. The monoisotopic (exact) mass is 372 g/mol. The number of ether oxygens (including phenoxy) is 3. The van der Waals surface area contributed by atoms with Gasteiger partial charge in [0.25, 0.3) is 5.89 Å². The molecule has 3 rings (SSSR count). The van der Waals surface area contributed by atoms with Gasteiger partial charge in [-0.2, -0.15) is 4.98 Å². The van der Waals surface area contributed by atoms with E-state index in [9.17, 15) is 0 Å². The number of methoxy groups -OCH3 is 3.